The lowest BCUT2D eigenvalue weighted by Crippen LogP contribution is -2.24. The first-order chi connectivity index (χ1) is 19.4. The van der Waals surface area contributed by atoms with Gasteiger partial charge in [-0.2, -0.15) is 0 Å². The van der Waals surface area contributed by atoms with E-state index in [2.05, 4.69) is 33.5 Å². The Morgan fingerprint density at radius 1 is 0.925 bits per heavy atom. The fraction of sp³-hybridized carbons (Fsp3) is 0.182. The highest BCUT2D eigenvalue weighted by Gasteiger charge is 2.43. The lowest BCUT2D eigenvalue weighted by molar-refractivity contribution is 0.0857. The molecule has 0 saturated carbocycles. The topological polar surface area (TPSA) is 103 Å². The molecule has 2 bridgehead atoms. The summed E-state index contributed by atoms with van der Waals surface area (Å²) in [5.41, 5.74) is 15.9. The van der Waals surface area contributed by atoms with Gasteiger partial charge in [-0.3, -0.25) is 4.79 Å². The summed E-state index contributed by atoms with van der Waals surface area (Å²) in [6.07, 6.45) is 2.15. The van der Waals surface area contributed by atoms with Crippen molar-refractivity contribution in [2.45, 2.75) is 39.0 Å². The smallest absolute Gasteiger partial charge is 0.251 e. The number of ether oxygens (including phenoxy) is 1. The van der Waals surface area contributed by atoms with Crippen LogP contribution in [0.3, 0.4) is 0 Å². The number of nitrogens with two attached hydrogens (primary N) is 1. The van der Waals surface area contributed by atoms with E-state index in [1.54, 1.807) is 6.20 Å². The molecule has 2 aliphatic heterocycles. The largest absolute Gasteiger partial charge is 0.441 e. The number of aromatic nitrogens is 2. The zero-order valence-corrected chi connectivity index (χ0v) is 22.3. The Balaban J connectivity index is 1.07. The molecule has 3 N–H and O–H groups in total. The number of anilines is 1. The highest BCUT2D eigenvalue weighted by atomic mass is 16.5. The van der Waals surface area contributed by atoms with E-state index in [1.807, 2.05) is 68.4 Å². The minimum absolute atomic E-state index is 0.126. The van der Waals surface area contributed by atoms with Crippen molar-refractivity contribution < 1.29 is 13.9 Å². The number of carbonyl (C=O) groups excluding carboxylic acids is 1. The summed E-state index contributed by atoms with van der Waals surface area (Å²) in [5.74, 6) is 1.81. The maximum absolute atomic E-state index is 13.1. The van der Waals surface area contributed by atoms with Gasteiger partial charge in [0.1, 0.15) is 23.8 Å². The van der Waals surface area contributed by atoms with Crippen molar-refractivity contribution in [1.82, 2.24) is 15.3 Å². The van der Waals surface area contributed by atoms with E-state index >= 15 is 0 Å². The molecule has 40 heavy (non-hydrogen) atoms. The molecule has 2 unspecified atom stereocenters. The number of pyridine rings is 1. The number of oxazole rings is 1. The van der Waals surface area contributed by atoms with Crippen molar-refractivity contribution in [2.24, 2.45) is 0 Å². The molecule has 7 nitrogen and oxygen atoms in total. The van der Waals surface area contributed by atoms with Gasteiger partial charge in [-0.15, -0.1) is 0 Å². The van der Waals surface area contributed by atoms with Gasteiger partial charge in [0.05, 0.1) is 6.20 Å². The standard InChI is InChI=1S/C33H28N4O3/c1-18-12-29(34)37-19(2)28(18)17-35-32(38)22-9-11-25-27(15-22)31-24-10-8-20(14-26(24)30(25)40-31)13-23-16-36-33(39-23)21-6-4-3-5-7-21/h3-12,14-16,30-31H,13,17H2,1-2H3,(H2,34,37)(H,35,38). The van der Waals surface area contributed by atoms with Crippen molar-refractivity contribution in [1.29, 1.82) is 0 Å². The summed E-state index contributed by atoms with van der Waals surface area (Å²) < 4.78 is 12.4. The van der Waals surface area contributed by atoms with Gasteiger partial charge in [0, 0.05) is 29.8 Å². The summed E-state index contributed by atoms with van der Waals surface area (Å²) in [6.45, 7) is 4.28. The number of aryl methyl sites for hydroxylation is 2. The Morgan fingerprint density at radius 3 is 2.45 bits per heavy atom. The van der Waals surface area contributed by atoms with Crippen LogP contribution < -0.4 is 11.1 Å². The van der Waals surface area contributed by atoms with E-state index in [-0.39, 0.29) is 18.1 Å². The third-order valence-electron chi connectivity index (χ3n) is 7.85. The molecule has 2 aromatic heterocycles. The van der Waals surface area contributed by atoms with E-state index in [0.29, 0.717) is 30.2 Å². The molecule has 0 saturated heterocycles. The molecule has 4 heterocycles. The number of hydrogen-bond donors (Lipinski definition) is 2. The maximum atomic E-state index is 13.1. The first-order valence-corrected chi connectivity index (χ1v) is 13.4. The van der Waals surface area contributed by atoms with Crippen LogP contribution in [0, 0.1) is 13.8 Å². The Morgan fingerprint density at radius 2 is 1.68 bits per heavy atom. The number of rotatable bonds is 6. The Bertz CT molecular complexity index is 1750. The summed E-state index contributed by atoms with van der Waals surface area (Å²) >= 11 is 0. The van der Waals surface area contributed by atoms with Crippen molar-refractivity contribution in [3.8, 4) is 11.5 Å². The van der Waals surface area contributed by atoms with Gasteiger partial charge < -0.3 is 20.2 Å². The van der Waals surface area contributed by atoms with Crippen molar-refractivity contribution in [3.63, 3.8) is 0 Å². The highest BCUT2D eigenvalue weighted by molar-refractivity contribution is 5.94. The van der Waals surface area contributed by atoms with Crippen LogP contribution in [0.25, 0.3) is 11.5 Å². The van der Waals surface area contributed by atoms with E-state index in [4.69, 9.17) is 14.9 Å². The van der Waals surface area contributed by atoms with Gasteiger partial charge in [0.25, 0.3) is 5.91 Å². The Labute approximate surface area is 232 Å². The van der Waals surface area contributed by atoms with Crippen LogP contribution in [0.15, 0.2) is 83.4 Å². The lowest BCUT2D eigenvalue weighted by atomic mass is 9.84. The summed E-state index contributed by atoms with van der Waals surface area (Å²) in [7, 11) is 0. The van der Waals surface area contributed by atoms with Gasteiger partial charge in [-0.1, -0.05) is 42.5 Å². The van der Waals surface area contributed by atoms with Crippen LogP contribution in [-0.2, 0) is 17.7 Å². The second kappa shape index (κ2) is 9.47. The molecular formula is C33H28N4O3. The fourth-order valence-corrected chi connectivity index (χ4v) is 5.88. The van der Waals surface area contributed by atoms with E-state index in [0.717, 1.165) is 50.4 Å². The number of nitrogens with one attached hydrogen (secondary N) is 1. The second-order valence-electron chi connectivity index (χ2n) is 10.5. The summed E-state index contributed by atoms with van der Waals surface area (Å²) in [6, 6.07) is 24.1. The molecule has 1 amide bonds. The number of fused-ring (bicyclic) bond motifs is 8. The molecule has 3 aromatic carbocycles. The van der Waals surface area contributed by atoms with Crippen LogP contribution in [0.4, 0.5) is 5.82 Å². The highest BCUT2D eigenvalue weighted by Crippen LogP contribution is 2.54. The van der Waals surface area contributed by atoms with E-state index in [1.165, 1.54) is 5.56 Å². The number of hydrogen-bond acceptors (Lipinski definition) is 6. The zero-order chi connectivity index (χ0) is 27.4. The predicted octanol–water partition coefficient (Wildman–Crippen LogP) is 5.98. The number of nitrogens with zero attached hydrogens (tertiary/aromatic N) is 2. The van der Waals surface area contributed by atoms with Crippen molar-refractivity contribution in [3.05, 3.63) is 135 Å². The summed E-state index contributed by atoms with van der Waals surface area (Å²) in [4.78, 5) is 21.8. The average molecular weight is 529 g/mol. The summed E-state index contributed by atoms with van der Waals surface area (Å²) in [5, 5.41) is 3.04. The van der Waals surface area contributed by atoms with Crippen LogP contribution in [-0.4, -0.2) is 15.9 Å². The molecule has 7 heteroatoms. The van der Waals surface area contributed by atoms with Gasteiger partial charge in [0.2, 0.25) is 5.89 Å². The van der Waals surface area contributed by atoms with Gasteiger partial charge in [-0.25, -0.2) is 9.97 Å². The maximum Gasteiger partial charge on any atom is 0.251 e. The van der Waals surface area contributed by atoms with Gasteiger partial charge >= 0.3 is 0 Å². The van der Waals surface area contributed by atoms with Crippen molar-refractivity contribution in [2.75, 3.05) is 5.73 Å². The lowest BCUT2D eigenvalue weighted by Gasteiger charge is -2.18. The molecule has 0 radical (unpaired) electrons. The minimum atomic E-state index is -0.169. The van der Waals surface area contributed by atoms with E-state index < -0.39 is 0 Å². The monoisotopic (exact) mass is 528 g/mol. The fourth-order valence-electron chi connectivity index (χ4n) is 5.88. The van der Waals surface area contributed by atoms with E-state index in [9.17, 15) is 4.79 Å². The molecule has 2 atom stereocenters. The number of carbonyl (C=O) groups is 1. The minimum Gasteiger partial charge on any atom is -0.441 e. The van der Waals surface area contributed by atoms with Gasteiger partial charge in [-0.05, 0) is 83.1 Å². The second-order valence-corrected chi connectivity index (χ2v) is 10.5. The van der Waals surface area contributed by atoms with Crippen LogP contribution in [0.5, 0.6) is 0 Å². The molecule has 7 rings (SSSR count). The van der Waals surface area contributed by atoms with Crippen molar-refractivity contribution >= 4 is 11.7 Å². The van der Waals surface area contributed by atoms with Crippen LogP contribution >= 0.6 is 0 Å². The van der Waals surface area contributed by atoms with Crippen LogP contribution in [0.1, 0.15) is 73.0 Å². The third kappa shape index (κ3) is 4.15. The molecule has 0 spiro atoms. The average Bonchev–Trinajstić information content (AvgIpc) is 3.67. The Kier molecular flexibility index (Phi) is 5.75. The number of amides is 1. The molecule has 198 valence electrons. The first-order valence-electron chi connectivity index (χ1n) is 13.4. The zero-order valence-electron chi connectivity index (χ0n) is 22.3. The number of nitrogen functional groups attached to an aromatic ring is 1. The van der Waals surface area contributed by atoms with Gasteiger partial charge in [0.15, 0.2) is 0 Å². The molecule has 0 aliphatic carbocycles. The first kappa shape index (κ1) is 24.3. The SMILES string of the molecule is Cc1cc(N)nc(C)c1CNC(=O)c1ccc2c(c1)C1OC2c2cc(Cc3cnc(-c4ccccc4)o3)ccc21. The molecule has 2 aliphatic rings. The van der Waals surface area contributed by atoms with Crippen LogP contribution in [0.2, 0.25) is 0 Å². The quantitative estimate of drug-likeness (QED) is 0.281. The Hall–Kier alpha value is -4.75. The normalized spacial score (nSPS) is 16.6. The molecular weight excluding hydrogens is 500 g/mol. The number of benzene rings is 3. The molecule has 5 aromatic rings. The predicted molar refractivity (Wildman–Crippen MR) is 152 cm³/mol. The third-order valence-corrected chi connectivity index (χ3v) is 7.85. The molecule has 0 fully saturated rings.